The Balaban J connectivity index is 1.59. The molecule has 2 aliphatic rings. The number of hydrogen-bond donors (Lipinski definition) is 0. The quantitative estimate of drug-likeness (QED) is 0.591. The maximum atomic E-state index is 6.84. The van der Waals surface area contributed by atoms with Crippen molar-refractivity contribution in [3.63, 3.8) is 0 Å². The van der Waals surface area contributed by atoms with E-state index in [0.29, 0.717) is 19.8 Å². The van der Waals surface area contributed by atoms with Crippen molar-refractivity contribution in [3.8, 4) is 0 Å². The molecule has 1 saturated heterocycles. The van der Waals surface area contributed by atoms with Crippen LogP contribution in [0.4, 0.5) is 0 Å². The summed E-state index contributed by atoms with van der Waals surface area (Å²) >= 11 is 0. The van der Waals surface area contributed by atoms with E-state index in [-0.39, 0.29) is 12.0 Å². The number of ether oxygens (including phenoxy) is 2. The van der Waals surface area contributed by atoms with Crippen LogP contribution in [0.15, 0.2) is 96.2 Å². The lowest BCUT2D eigenvalue weighted by molar-refractivity contribution is -0.0623. The van der Waals surface area contributed by atoms with Crippen LogP contribution < -0.4 is 0 Å². The maximum absolute atomic E-state index is 6.84. The number of nitrogens with zero attached hydrogens (tertiary/aromatic N) is 1. The Morgan fingerprint density at radius 3 is 1.83 bits per heavy atom. The molecule has 1 fully saturated rings. The van der Waals surface area contributed by atoms with Gasteiger partial charge in [0.2, 0.25) is 0 Å². The van der Waals surface area contributed by atoms with E-state index in [0.717, 1.165) is 22.4 Å². The van der Waals surface area contributed by atoms with Gasteiger partial charge < -0.3 is 14.3 Å². The minimum absolute atomic E-state index is 0.0632. The highest BCUT2D eigenvalue weighted by Crippen LogP contribution is 2.41. The SMILES string of the molecule is c1ccc(C(OCC2OCC3=NOC[C@@H]32)(c2ccccc2)c2ccccc2)cc1. The number of fused-ring (bicyclic) bond motifs is 1. The van der Waals surface area contributed by atoms with E-state index < -0.39 is 5.60 Å². The molecule has 0 aliphatic carbocycles. The smallest absolute Gasteiger partial charge is 0.143 e. The largest absolute Gasteiger partial charge is 0.395 e. The second-order valence-electron chi connectivity index (χ2n) is 7.42. The Hall–Kier alpha value is -2.95. The van der Waals surface area contributed by atoms with Gasteiger partial charge in [-0.1, -0.05) is 96.2 Å². The number of benzene rings is 3. The second-order valence-corrected chi connectivity index (χ2v) is 7.42. The van der Waals surface area contributed by atoms with E-state index in [9.17, 15) is 0 Å². The Morgan fingerprint density at radius 1 is 0.793 bits per heavy atom. The van der Waals surface area contributed by atoms with Crippen molar-refractivity contribution in [1.82, 2.24) is 0 Å². The number of oxime groups is 1. The predicted octanol–water partition coefficient (Wildman–Crippen LogP) is 4.40. The summed E-state index contributed by atoms with van der Waals surface area (Å²) in [4.78, 5) is 5.28. The topological polar surface area (TPSA) is 40.0 Å². The lowest BCUT2D eigenvalue weighted by Gasteiger charge is -2.37. The minimum Gasteiger partial charge on any atom is -0.395 e. The summed E-state index contributed by atoms with van der Waals surface area (Å²) in [7, 11) is 0. The zero-order valence-electron chi connectivity index (χ0n) is 16.1. The van der Waals surface area contributed by atoms with E-state index >= 15 is 0 Å². The van der Waals surface area contributed by atoms with Gasteiger partial charge in [-0.3, -0.25) is 0 Å². The fourth-order valence-corrected chi connectivity index (χ4v) is 4.27. The van der Waals surface area contributed by atoms with Crippen LogP contribution in [0.2, 0.25) is 0 Å². The molecule has 0 N–H and O–H groups in total. The number of hydrogen-bond acceptors (Lipinski definition) is 4. The molecule has 2 atom stereocenters. The van der Waals surface area contributed by atoms with Gasteiger partial charge in [0.15, 0.2) is 0 Å². The fourth-order valence-electron chi connectivity index (χ4n) is 4.27. The highest BCUT2D eigenvalue weighted by molar-refractivity contribution is 5.90. The Labute approximate surface area is 170 Å². The molecule has 2 heterocycles. The number of rotatable bonds is 6. The Kier molecular flexibility index (Phi) is 4.88. The molecule has 4 nitrogen and oxygen atoms in total. The highest BCUT2D eigenvalue weighted by Gasteiger charge is 2.43. The van der Waals surface area contributed by atoms with Gasteiger partial charge >= 0.3 is 0 Å². The molecule has 0 bridgehead atoms. The molecule has 0 amide bonds. The van der Waals surface area contributed by atoms with Crippen molar-refractivity contribution >= 4 is 5.71 Å². The van der Waals surface area contributed by atoms with Crippen molar-refractivity contribution in [3.05, 3.63) is 108 Å². The summed E-state index contributed by atoms with van der Waals surface area (Å²) in [6, 6.07) is 31.2. The summed E-state index contributed by atoms with van der Waals surface area (Å²) in [6.07, 6.45) is -0.0632. The summed E-state index contributed by atoms with van der Waals surface area (Å²) < 4.78 is 12.8. The zero-order chi connectivity index (χ0) is 19.5. The van der Waals surface area contributed by atoms with E-state index in [1.165, 1.54) is 0 Å². The fraction of sp³-hybridized carbons (Fsp3) is 0.240. The third-order valence-electron chi connectivity index (χ3n) is 5.76. The summed E-state index contributed by atoms with van der Waals surface area (Å²) in [6.45, 7) is 1.54. The predicted molar refractivity (Wildman–Crippen MR) is 112 cm³/mol. The van der Waals surface area contributed by atoms with Gasteiger partial charge in [-0.15, -0.1) is 0 Å². The van der Waals surface area contributed by atoms with Crippen LogP contribution in [-0.4, -0.2) is 31.6 Å². The van der Waals surface area contributed by atoms with Crippen LogP contribution in [0, 0.1) is 5.92 Å². The molecule has 0 radical (unpaired) electrons. The molecule has 146 valence electrons. The van der Waals surface area contributed by atoms with Crippen molar-refractivity contribution in [1.29, 1.82) is 0 Å². The third kappa shape index (κ3) is 3.24. The molecular formula is C25H23NO3. The monoisotopic (exact) mass is 385 g/mol. The Morgan fingerprint density at radius 2 is 1.31 bits per heavy atom. The van der Waals surface area contributed by atoms with Crippen LogP contribution in [0.25, 0.3) is 0 Å². The van der Waals surface area contributed by atoms with Gasteiger partial charge in [0, 0.05) is 0 Å². The lowest BCUT2D eigenvalue weighted by Crippen LogP contribution is -2.37. The van der Waals surface area contributed by atoms with E-state index in [4.69, 9.17) is 14.3 Å². The lowest BCUT2D eigenvalue weighted by atomic mass is 9.80. The van der Waals surface area contributed by atoms with Gasteiger partial charge in [0.25, 0.3) is 0 Å². The first kappa shape index (κ1) is 18.1. The first-order chi connectivity index (χ1) is 14.4. The molecule has 0 aromatic heterocycles. The summed E-state index contributed by atoms with van der Waals surface area (Å²) in [5.41, 5.74) is 3.53. The van der Waals surface area contributed by atoms with Crippen LogP contribution in [0.1, 0.15) is 16.7 Å². The van der Waals surface area contributed by atoms with Crippen LogP contribution in [0.5, 0.6) is 0 Å². The van der Waals surface area contributed by atoms with E-state index in [1.54, 1.807) is 0 Å². The van der Waals surface area contributed by atoms with Crippen molar-refractivity contribution in [2.45, 2.75) is 11.7 Å². The molecule has 5 rings (SSSR count). The molecule has 1 unspecified atom stereocenters. The average Bonchev–Trinajstić information content (AvgIpc) is 3.41. The van der Waals surface area contributed by atoms with Gasteiger partial charge in [0.05, 0.1) is 30.9 Å². The second kappa shape index (κ2) is 7.82. The van der Waals surface area contributed by atoms with Gasteiger partial charge in [0.1, 0.15) is 12.2 Å². The molecule has 2 aliphatic heterocycles. The molecule has 3 aromatic carbocycles. The molecular weight excluding hydrogens is 362 g/mol. The standard InChI is InChI=1S/C25H23NO3/c1-4-10-19(11-5-1)25(20-12-6-2-7-13-20,21-14-8-3-9-15-21)28-18-24-22-16-29-26-23(22)17-27-24/h1-15,22,24H,16-18H2/t22-,24?/m0/s1. The van der Waals surface area contributed by atoms with Crippen LogP contribution in [-0.2, 0) is 19.9 Å². The summed E-state index contributed by atoms with van der Waals surface area (Å²) in [5.74, 6) is 0.176. The van der Waals surface area contributed by atoms with Crippen molar-refractivity contribution < 1.29 is 14.3 Å². The van der Waals surface area contributed by atoms with E-state index in [2.05, 4.69) is 78.0 Å². The van der Waals surface area contributed by atoms with Crippen LogP contribution in [0.3, 0.4) is 0 Å². The average molecular weight is 385 g/mol. The molecule has 29 heavy (non-hydrogen) atoms. The molecule has 4 heteroatoms. The Bertz CT molecular complexity index is 876. The van der Waals surface area contributed by atoms with Crippen molar-refractivity contribution in [2.24, 2.45) is 11.1 Å². The van der Waals surface area contributed by atoms with Crippen LogP contribution >= 0.6 is 0 Å². The maximum Gasteiger partial charge on any atom is 0.143 e. The van der Waals surface area contributed by atoms with Gasteiger partial charge in [-0.25, -0.2) is 0 Å². The molecule has 0 saturated carbocycles. The molecule has 3 aromatic rings. The van der Waals surface area contributed by atoms with Gasteiger partial charge in [-0.05, 0) is 16.7 Å². The van der Waals surface area contributed by atoms with E-state index in [1.807, 2.05) is 18.2 Å². The normalized spacial score (nSPS) is 20.8. The van der Waals surface area contributed by atoms with Gasteiger partial charge in [-0.2, -0.15) is 0 Å². The summed E-state index contributed by atoms with van der Waals surface area (Å²) in [5, 5.41) is 4.10. The van der Waals surface area contributed by atoms with Crippen molar-refractivity contribution in [2.75, 3.05) is 19.8 Å². The first-order valence-electron chi connectivity index (χ1n) is 9.99. The highest BCUT2D eigenvalue weighted by atomic mass is 16.6. The molecule has 0 spiro atoms. The zero-order valence-corrected chi connectivity index (χ0v) is 16.1. The minimum atomic E-state index is -0.730. The first-order valence-corrected chi connectivity index (χ1v) is 9.99. The third-order valence-corrected chi connectivity index (χ3v) is 5.76.